The van der Waals surface area contributed by atoms with Gasteiger partial charge in [-0.15, -0.1) is 11.3 Å². The van der Waals surface area contributed by atoms with E-state index >= 15 is 0 Å². The number of imide groups is 1. The van der Waals surface area contributed by atoms with E-state index in [2.05, 4.69) is 12.1 Å². The molecule has 4 rings (SSSR count). The molecule has 0 unspecified atom stereocenters. The van der Waals surface area contributed by atoms with Crippen molar-refractivity contribution in [2.45, 2.75) is 22.6 Å². The minimum atomic E-state index is -0.307. The number of carbonyl (C=O) groups excluding carboxylic acids is 2. The lowest BCUT2D eigenvalue weighted by Gasteiger charge is -2.12. The lowest BCUT2D eigenvalue weighted by atomic mass is 10.2. The van der Waals surface area contributed by atoms with Gasteiger partial charge in [-0.2, -0.15) is 0 Å². The Bertz CT molecular complexity index is 1180. The van der Waals surface area contributed by atoms with Crippen molar-refractivity contribution in [3.05, 3.63) is 102 Å². The molecule has 0 atom stereocenters. The molecule has 1 aliphatic rings. The Labute approximate surface area is 189 Å². The molecule has 0 radical (unpaired) electrons. The predicted molar refractivity (Wildman–Crippen MR) is 126 cm³/mol. The Balaban J connectivity index is 1.61. The number of rotatable bonds is 7. The highest BCUT2D eigenvalue weighted by Gasteiger charge is 2.30. The zero-order valence-electron chi connectivity index (χ0n) is 16.9. The van der Waals surface area contributed by atoms with E-state index < -0.39 is 0 Å². The topological polar surface area (TPSA) is 50.3 Å². The highest BCUT2D eigenvalue weighted by atomic mass is 32.2. The van der Waals surface area contributed by atoms with Crippen LogP contribution in [0.25, 0.3) is 11.3 Å². The molecule has 2 heterocycles. The number of thiazole rings is 1. The first-order chi connectivity index (χ1) is 15.2. The standard InChI is InChI=1S/C25H20N2O2S2/c1-2-3-6-13-19-16-22(28)27(24(19)29)17-21-26-23(18-11-7-4-8-12-18)25(31-21)30-20-14-9-5-10-15-20/h2-16H,17H2,1H3/b3-2-,13-6-. The number of hydrogen-bond donors (Lipinski definition) is 0. The molecule has 2 aromatic carbocycles. The maximum absolute atomic E-state index is 12.7. The third-order valence-corrected chi connectivity index (χ3v) is 6.77. The number of amides is 2. The molecule has 0 saturated carbocycles. The largest absolute Gasteiger partial charge is 0.269 e. The SMILES string of the molecule is C/C=C\C=C/C1=CC(=O)N(Cc2nc(-c3ccccc3)c(Sc3ccccc3)s2)C1=O. The molecular formula is C25H20N2O2S2. The summed E-state index contributed by atoms with van der Waals surface area (Å²) in [6.45, 7) is 2.06. The van der Waals surface area contributed by atoms with E-state index in [0.29, 0.717) is 5.57 Å². The maximum Gasteiger partial charge on any atom is 0.261 e. The van der Waals surface area contributed by atoms with E-state index in [1.165, 1.54) is 22.3 Å². The number of allylic oxidation sites excluding steroid dienone is 3. The molecule has 31 heavy (non-hydrogen) atoms. The molecule has 3 aromatic rings. The first-order valence-electron chi connectivity index (χ1n) is 9.80. The number of aromatic nitrogens is 1. The monoisotopic (exact) mass is 444 g/mol. The maximum atomic E-state index is 12.7. The number of hydrogen-bond acceptors (Lipinski definition) is 5. The van der Waals surface area contributed by atoms with Crippen LogP contribution < -0.4 is 0 Å². The van der Waals surface area contributed by atoms with E-state index in [1.807, 2.05) is 67.6 Å². The summed E-state index contributed by atoms with van der Waals surface area (Å²) in [4.78, 5) is 32.3. The molecule has 1 aromatic heterocycles. The van der Waals surface area contributed by atoms with Gasteiger partial charge in [0.1, 0.15) is 5.01 Å². The molecule has 0 bridgehead atoms. The molecule has 154 valence electrons. The van der Waals surface area contributed by atoms with E-state index in [4.69, 9.17) is 4.98 Å². The van der Waals surface area contributed by atoms with Crippen molar-refractivity contribution >= 4 is 34.9 Å². The van der Waals surface area contributed by atoms with Crippen molar-refractivity contribution in [1.82, 2.24) is 9.88 Å². The summed E-state index contributed by atoms with van der Waals surface area (Å²) in [5.74, 6) is -0.599. The van der Waals surface area contributed by atoms with Gasteiger partial charge in [0, 0.05) is 22.1 Å². The molecule has 0 saturated heterocycles. The fourth-order valence-corrected chi connectivity index (χ4v) is 5.38. The predicted octanol–water partition coefficient (Wildman–Crippen LogP) is 5.89. The summed E-state index contributed by atoms with van der Waals surface area (Å²) in [7, 11) is 0. The zero-order chi connectivity index (χ0) is 21.6. The lowest BCUT2D eigenvalue weighted by Crippen LogP contribution is -2.30. The fourth-order valence-electron chi connectivity index (χ4n) is 3.06. The normalized spacial score (nSPS) is 14.2. The van der Waals surface area contributed by atoms with Crippen LogP contribution in [0.2, 0.25) is 0 Å². The van der Waals surface area contributed by atoms with Gasteiger partial charge in [0.05, 0.1) is 16.4 Å². The van der Waals surface area contributed by atoms with E-state index in [0.717, 1.165) is 25.4 Å². The van der Waals surface area contributed by atoms with Gasteiger partial charge in [0.15, 0.2) is 0 Å². The molecule has 6 heteroatoms. The van der Waals surface area contributed by atoms with Crippen LogP contribution in [0, 0.1) is 0 Å². The van der Waals surface area contributed by atoms with Crippen LogP contribution in [-0.2, 0) is 16.1 Å². The smallest absolute Gasteiger partial charge is 0.261 e. The van der Waals surface area contributed by atoms with Crippen LogP contribution in [0.15, 0.2) is 106 Å². The molecular weight excluding hydrogens is 424 g/mol. The van der Waals surface area contributed by atoms with Crippen LogP contribution in [0.5, 0.6) is 0 Å². The first-order valence-corrected chi connectivity index (χ1v) is 11.4. The van der Waals surface area contributed by atoms with Gasteiger partial charge in [-0.25, -0.2) is 4.98 Å². The van der Waals surface area contributed by atoms with Gasteiger partial charge >= 0.3 is 0 Å². The summed E-state index contributed by atoms with van der Waals surface area (Å²) < 4.78 is 1.03. The summed E-state index contributed by atoms with van der Waals surface area (Å²) in [6, 6.07) is 20.1. The zero-order valence-corrected chi connectivity index (χ0v) is 18.5. The molecule has 0 fully saturated rings. The second kappa shape index (κ2) is 9.73. The summed E-state index contributed by atoms with van der Waals surface area (Å²) >= 11 is 3.16. The Morgan fingerprint density at radius 3 is 2.42 bits per heavy atom. The number of carbonyl (C=O) groups is 2. The summed E-state index contributed by atoms with van der Waals surface area (Å²) in [5, 5.41) is 0.728. The van der Waals surface area contributed by atoms with Gasteiger partial charge in [-0.1, -0.05) is 78.5 Å². The van der Waals surface area contributed by atoms with Crippen LogP contribution in [0.3, 0.4) is 0 Å². The molecule has 4 nitrogen and oxygen atoms in total. The lowest BCUT2D eigenvalue weighted by molar-refractivity contribution is -0.137. The number of benzene rings is 2. The second-order valence-electron chi connectivity index (χ2n) is 6.74. The van der Waals surface area contributed by atoms with E-state index in [1.54, 1.807) is 23.9 Å². The minimum Gasteiger partial charge on any atom is -0.269 e. The van der Waals surface area contributed by atoms with Gasteiger partial charge < -0.3 is 0 Å². The highest BCUT2D eigenvalue weighted by Crippen LogP contribution is 2.40. The average Bonchev–Trinajstić information content (AvgIpc) is 3.31. The quantitative estimate of drug-likeness (QED) is 0.337. The van der Waals surface area contributed by atoms with Crippen LogP contribution in [0.4, 0.5) is 0 Å². The third-order valence-electron chi connectivity index (χ3n) is 4.55. The second-order valence-corrected chi connectivity index (χ2v) is 9.16. The Kier molecular flexibility index (Phi) is 6.60. The summed E-state index contributed by atoms with van der Waals surface area (Å²) in [5.41, 5.74) is 2.27. The number of nitrogens with zero attached hydrogens (tertiary/aromatic N) is 2. The first kappa shape index (κ1) is 21.0. The van der Waals surface area contributed by atoms with E-state index in [-0.39, 0.29) is 18.4 Å². The van der Waals surface area contributed by atoms with Crippen molar-refractivity contribution in [3.8, 4) is 11.3 Å². The summed E-state index contributed by atoms with van der Waals surface area (Å²) in [6.07, 6.45) is 8.48. The Hall–Kier alpha value is -3.22. The van der Waals surface area contributed by atoms with Crippen molar-refractivity contribution in [2.75, 3.05) is 0 Å². The van der Waals surface area contributed by atoms with Crippen molar-refractivity contribution in [2.24, 2.45) is 0 Å². The van der Waals surface area contributed by atoms with Crippen molar-refractivity contribution in [3.63, 3.8) is 0 Å². The van der Waals surface area contributed by atoms with E-state index in [9.17, 15) is 9.59 Å². The van der Waals surface area contributed by atoms with Crippen molar-refractivity contribution in [1.29, 1.82) is 0 Å². The third kappa shape index (κ3) is 4.93. The highest BCUT2D eigenvalue weighted by molar-refractivity contribution is 8.01. The Morgan fingerprint density at radius 2 is 1.71 bits per heavy atom. The van der Waals surface area contributed by atoms with Gasteiger partial charge in [0.25, 0.3) is 11.8 Å². The van der Waals surface area contributed by atoms with Crippen molar-refractivity contribution < 1.29 is 9.59 Å². The molecule has 0 spiro atoms. The molecule has 0 N–H and O–H groups in total. The minimum absolute atomic E-state index is 0.162. The molecule has 1 aliphatic heterocycles. The fraction of sp³-hybridized carbons (Fsp3) is 0.0800. The average molecular weight is 445 g/mol. The van der Waals surface area contributed by atoms with Crippen LogP contribution >= 0.6 is 23.1 Å². The molecule has 0 aliphatic carbocycles. The van der Waals surface area contributed by atoms with Crippen LogP contribution in [-0.4, -0.2) is 21.7 Å². The van der Waals surface area contributed by atoms with Gasteiger partial charge in [-0.05, 0) is 25.1 Å². The van der Waals surface area contributed by atoms with Crippen LogP contribution in [0.1, 0.15) is 11.9 Å². The van der Waals surface area contributed by atoms with Gasteiger partial charge in [-0.3, -0.25) is 14.5 Å². The van der Waals surface area contributed by atoms with Gasteiger partial charge in [0.2, 0.25) is 0 Å². The molecule has 2 amide bonds. The Morgan fingerprint density at radius 1 is 1.00 bits per heavy atom.